The van der Waals surface area contributed by atoms with E-state index in [2.05, 4.69) is 18.9 Å². The molecule has 1 heterocycles. The Kier molecular flexibility index (Phi) is 7.13. The molecule has 1 fully saturated rings. The van der Waals surface area contributed by atoms with E-state index in [0.29, 0.717) is 6.26 Å². The predicted molar refractivity (Wildman–Crippen MR) is 62.6 cm³/mol. The van der Waals surface area contributed by atoms with Gasteiger partial charge in [0.05, 0.1) is 6.26 Å². The van der Waals surface area contributed by atoms with Gasteiger partial charge in [0.1, 0.15) is 0 Å². The Morgan fingerprint density at radius 1 is 1.47 bits per heavy atom. The van der Waals surface area contributed by atoms with Gasteiger partial charge in [-0.15, -0.1) is 0 Å². The molecule has 0 amide bonds. The Balaban J connectivity index is 0.000000336. The van der Waals surface area contributed by atoms with Crippen LogP contribution in [0.2, 0.25) is 0 Å². The minimum Gasteiger partial charge on any atom is -0.303 e. The molecule has 15 heavy (non-hydrogen) atoms. The number of hydrogen-bond donors (Lipinski definition) is 1. The first kappa shape index (κ1) is 14.9. The quantitative estimate of drug-likeness (QED) is 0.760. The second-order valence-corrected chi connectivity index (χ2v) is 5.62. The average Bonchev–Trinajstić information content (AvgIpc) is 2.45. The highest BCUT2D eigenvalue weighted by molar-refractivity contribution is 7.85. The molecule has 4 nitrogen and oxygen atoms in total. The van der Waals surface area contributed by atoms with E-state index in [1.54, 1.807) is 0 Å². The van der Waals surface area contributed by atoms with Gasteiger partial charge in [-0.2, -0.15) is 8.42 Å². The van der Waals surface area contributed by atoms with Crippen molar-refractivity contribution in [3.63, 3.8) is 0 Å². The van der Waals surface area contributed by atoms with Crippen LogP contribution in [-0.4, -0.2) is 43.8 Å². The Hall–Kier alpha value is -0.130. The molecule has 0 aromatic rings. The second-order valence-electron chi connectivity index (χ2n) is 4.15. The van der Waals surface area contributed by atoms with Crippen LogP contribution in [0.25, 0.3) is 0 Å². The van der Waals surface area contributed by atoms with Gasteiger partial charge in [0.2, 0.25) is 0 Å². The van der Waals surface area contributed by atoms with Crippen molar-refractivity contribution >= 4 is 10.1 Å². The van der Waals surface area contributed by atoms with Crippen molar-refractivity contribution in [1.82, 2.24) is 4.90 Å². The normalized spacial score (nSPS) is 22.3. The maximum absolute atomic E-state index is 9.19. The summed E-state index contributed by atoms with van der Waals surface area (Å²) in [7, 11) is -1.41. The third kappa shape index (κ3) is 10.2. The van der Waals surface area contributed by atoms with Crippen LogP contribution in [0.5, 0.6) is 0 Å². The lowest BCUT2D eigenvalue weighted by atomic mass is 10.1. The molecule has 1 saturated heterocycles. The van der Waals surface area contributed by atoms with Crippen LogP contribution < -0.4 is 0 Å². The molecule has 92 valence electrons. The van der Waals surface area contributed by atoms with Crippen LogP contribution >= 0.6 is 0 Å². The first-order valence-electron chi connectivity index (χ1n) is 5.47. The van der Waals surface area contributed by atoms with E-state index in [1.165, 1.54) is 38.6 Å². The summed E-state index contributed by atoms with van der Waals surface area (Å²) in [5.41, 5.74) is 0. The molecule has 0 saturated carbocycles. The van der Waals surface area contributed by atoms with E-state index >= 15 is 0 Å². The number of nitrogens with zero attached hydrogens (tertiary/aromatic N) is 1. The van der Waals surface area contributed by atoms with E-state index in [0.717, 1.165) is 6.04 Å². The minimum atomic E-state index is -3.67. The van der Waals surface area contributed by atoms with Crippen molar-refractivity contribution < 1.29 is 13.0 Å². The minimum absolute atomic E-state index is 0.715. The zero-order valence-electron chi connectivity index (χ0n) is 9.94. The first-order chi connectivity index (χ1) is 6.84. The zero-order valence-corrected chi connectivity index (χ0v) is 10.8. The van der Waals surface area contributed by atoms with Crippen LogP contribution in [0, 0.1) is 0 Å². The van der Waals surface area contributed by atoms with Crippen LogP contribution in [0.15, 0.2) is 0 Å². The molecule has 0 aromatic carbocycles. The predicted octanol–water partition coefficient (Wildman–Crippen LogP) is 1.77. The summed E-state index contributed by atoms with van der Waals surface area (Å²) in [6, 6.07) is 0.917. The summed E-state index contributed by atoms with van der Waals surface area (Å²) >= 11 is 0. The largest absolute Gasteiger partial charge is 0.303 e. The monoisotopic (exact) mass is 237 g/mol. The van der Waals surface area contributed by atoms with Gasteiger partial charge in [-0.05, 0) is 32.9 Å². The molecule has 1 rings (SSSR count). The summed E-state index contributed by atoms with van der Waals surface area (Å²) in [4.78, 5) is 2.51. The van der Waals surface area contributed by atoms with Gasteiger partial charge in [0.25, 0.3) is 10.1 Å². The van der Waals surface area contributed by atoms with Crippen LogP contribution in [0.3, 0.4) is 0 Å². The van der Waals surface area contributed by atoms with Gasteiger partial charge in [-0.1, -0.05) is 19.8 Å². The van der Waals surface area contributed by atoms with Gasteiger partial charge in [-0.25, -0.2) is 0 Å². The lowest BCUT2D eigenvalue weighted by Gasteiger charge is -2.18. The fourth-order valence-electron chi connectivity index (χ4n) is 1.78. The molecule has 1 atom stereocenters. The van der Waals surface area contributed by atoms with E-state index in [4.69, 9.17) is 4.55 Å². The van der Waals surface area contributed by atoms with Gasteiger partial charge >= 0.3 is 0 Å². The Morgan fingerprint density at radius 3 is 2.33 bits per heavy atom. The fraction of sp³-hybridized carbons (Fsp3) is 1.00. The third-order valence-electron chi connectivity index (χ3n) is 2.56. The van der Waals surface area contributed by atoms with E-state index in [-0.39, 0.29) is 0 Å². The highest BCUT2D eigenvalue weighted by atomic mass is 32.2. The van der Waals surface area contributed by atoms with Crippen LogP contribution in [-0.2, 0) is 10.1 Å². The standard InChI is InChI=1S/C9H19N.CH4O3S/c1-3-4-6-9-7-5-8-10(9)2;1-5(2,3)4/h9H,3-8H2,1-2H3;1H3,(H,2,3,4). The first-order valence-corrected chi connectivity index (χ1v) is 7.32. The number of unbranched alkanes of at least 4 members (excludes halogenated alkanes) is 1. The van der Waals surface area contributed by atoms with Crippen molar-refractivity contribution in [1.29, 1.82) is 0 Å². The van der Waals surface area contributed by atoms with Crippen molar-refractivity contribution in [2.24, 2.45) is 0 Å². The molecule has 0 aromatic heterocycles. The molecule has 0 aliphatic carbocycles. The Morgan fingerprint density at radius 2 is 2.00 bits per heavy atom. The van der Waals surface area contributed by atoms with E-state index < -0.39 is 10.1 Å². The molecular weight excluding hydrogens is 214 g/mol. The van der Waals surface area contributed by atoms with Gasteiger partial charge < -0.3 is 4.90 Å². The summed E-state index contributed by atoms with van der Waals surface area (Å²) in [6.45, 7) is 3.60. The topological polar surface area (TPSA) is 57.6 Å². The van der Waals surface area contributed by atoms with Crippen molar-refractivity contribution in [2.45, 2.75) is 45.1 Å². The Labute approximate surface area is 93.4 Å². The number of hydrogen-bond acceptors (Lipinski definition) is 3. The number of likely N-dealkylation sites (tertiary alicyclic amines) is 1. The summed E-state index contributed by atoms with van der Waals surface area (Å²) in [5.74, 6) is 0. The molecule has 1 aliphatic heterocycles. The molecule has 5 heteroatoms. The highest BCUT2D eigenvalue weighted by Crippen LogP contribution is 2.19. The zero-order chi connectivity index (χ0) is 11.9. The van der Waals surface area contributed by atoms with E-state index in [1.807, 2.05) is 0 Å². The Bertz CT molecular complexity index is 243. The smallest absolute Gasteiger partial charge is 0.261 e. The van der Waals surface area contributed by atoms with Crippen LogP contribution in [0.1, 0.15) is 39.0 Å². The molecular formula is C10H23NO3S. The van der Waals surface area contributed by atoms with E-state index in [9.17, 15) is 8.42 Å². The maximum atomic E-state index is 9.19. The highest BCUT2D eigenvalue weighted by Gasteiger charge is 2.19. The molecule has 0 spiro atoms. The van der Waals surface area contributed by atoms with Crippen molar-refractivity contribution in [2.75, 3.05) is 19.8 Å². The summed E-state index contributed by atoms with van der Waals surface area (Å²) in [6.07, 6.45) is 7.76. The molecule has 1 N–H and O–H groups in total. The van der Waals surface area contributed by atoms with Crippen molar-refractivity contribution in [3.8, 4) is 0 Å². The third-order valence-corrected chi connectivity index (χ3v) is 2.56. The summed E-state index contributed by atoms with van der Waals surface area (Å²) in [5, 5.41) is 0. The second kappa shape index (κ2) is 7.19. The van der Waals surface area contributed by atoms with Gasteiger partial charge in [0, 0.05) is 6.04 Å². The lowest BCUT2D eigenvalue weighted by Crippen LogP contribution is -2.24. The lowest BCUT2D eigenvalue weighted by molar-refractivity contribution is 0.291. The van der Waals surface area contributed by atoms with Gasteiger partial charge in [-0.3, -0.25) is 4.55 Å². The van der Waals surface area contributed by atoms with Crippen LogP contribution in [0.4, 0.5) is 0 Å². The molecule has 0 bridgehead atoms. The maximum Gasteiger partial charge on any atom is 0.261 e. The SMILES string of the molecule is CCCCC1CCCN1C.CS(=O)(=O)O. The fourth-order valence-corrected chi connectivity index (χ4v) is 1.78. The molecule has 0 radical (unpaired) electrons. The molecule has 1 aliphatic rings. The van der Waals surface area contributed by atoms with Gasteiger partial charge in [0.15, 0.2) is 0 Å². The number of rotatable bonds is 3. The molecule has 1 unspecified atom stereocenters. The summed E-state index contributed by atoms with van der Waals surface area (Å²) < 4.78 is 25.9. The van der Waals surface area contributed by atoms with Crippen molar-refractivity contribution in [3.05, 3.63) is 0 Å². The average molecular weight is 237 g/mol.